The van der Waals surface area contributed by atoms with Crippen LogP contribution in [0.1, 0.15) is 13.8 Å². The third-order valence-electron chi connectivity index (χ3n) is 3.35. The van der Waals surface area contributed by atoms with Crippen LogP contribution in [0.5, 0.6) is 0 Å². The van der Waals surface area contributed by atoms with E-state index in [1.165, 1.54) is 11.0 Å². The van der Waals surface area contributed by atoms with Crippen molar-refractivity contribution in [2.75, 3.05) is 0 Å². The van der Waals surface area contributed by atoms with Crippen LogP contribution in [0.4, 0.5) is 0 Å². The molecule has 0 spiro atoms. The summed E-state index contributed by atoms with van der Waals surface area (Å²) in [5.41, 5.74) is 8.52. The Morgan fingerprint density at radius 3 is 3.00 bits per heavy atom. The second kappa shape index (κ2) is 2.70. The van der Waals surface area contributed by atoms with E-state index in [1.807, 2.05) is 0 Å². The summed E-state index contributed by atoms with van der Waals surface area (Å²) >= 11 is 0. The predicted molar refractivity (Wildman–Crippen MR) is 56.8 cm³/mol. The summed E-state index contributed by atoms with van der Waals surface area (Å²) in [7, 11) is 2.14. The van der Waals surface area contributed by atoms with Gasteiger partial charge in [-0.1, -0.05) is 23.2 Å². The first-order valence-corrected chi connectivity index (χ1v) is 4.69. The molecular formula is C9H16BN3. The first kappa shape index (κ1) is 9.00. The summed E-state index contributed by atoms with van der Waals surface area (Å²) in [4.78, 5) is 0. The fourth-order valence-electron chi connectivity index (χ4n) is 2.18. The van der Waals surface area contributed by atoms with E-state index in [9.17, 15) is 0 Å². The summed E-state index contributed by atoms with van der Waals surface area (Å²) in [5.74, 6) is 0. The van der Waals surface area contributed by atoms with Gasteiger partial charge < -0.3 is 5.73 Å². The van der Waals surface area contributed by atoms with Gasteiger partial charge in [0.25, 0.3) is 0 Å². The highest BCUT2D eigenvalue weighted by Crippen LogP contribution is 2.31. The molecule has 4 N–H and O–H groups in total. The van der Waals surface area contributed by atoms with Crippen molar-refractivity contribution in [2.24, 2.45) is 5.73 Å². The molecule has 3 atom stereocenters. The molecule has 1 aliphatic heterocycles. The van der Waals surface area contributed by atoms with Crippen molar-refractivity contribution in [2.45, 2.75) is 31.7 Å². The Morgan fingerprint density at radius 2 is 2.31 bits per heavy atom. The van der Waals surface area contributed by atoms with Gasteiger partial charge in [-0.15, -0.1) is 0 Å². The summed E-state index contributed by atoms with van der Waals surface area (Å²) in [6.45, 7) is 4.36. The standard InChI is InChI=1S/C9H16BN3/c1-5-6(10)3-4-7-9(5,2)13-8(11)12-7/h3-4,7-8,12-13H,10-11H2,1-2H3/t7?,8?,9-/m1/s1. The Morgan fingerprint density at radius 1 is 1.62 bits per heavy atom. The van der Waals surface area contributed by atoms with Crippen LogP contribution < -0.4 is 16.4 Å². The fraction of sp³-hybridized carbons (Fsp3) is 0.556. The minimum Gasteiger partial charge on any atom is -0.304 e. The maximum absolute atomic E-state index is 5.81. The number of nitrogens with one attached hydrogen (secondary N) is 2. The summed E-state index contributed by atoms with van der Waals surface area (Å²) in [6.07, 6.45) is 4.25. The van der Waals surface area contributed by atoms with Crippen molar-refractivity contribution < 1.29 is 0 Å². The van der Waals surface area contributed by atoms with E-state index < -0.39 is 0 Å². The van der Waals surface area contributed by atoms with E-state index in [0.717, 1.165) is 0 Å². The lowest BCUT2D eigenvalue weighted by atomic mass is 9.74. The minimum absolute atomic E-state index is 0.00174. The molecule has 0 bridgehead atoms. The van der Waals surface area contributed by atoms with E-state index in [2.05, 4.69) is 44.5 Å². The molecule has 0 saturated carbocycles. The van der Waals surface area contributed by atoms with Crippen LogP contribution in [-0.2, 0) is 0 Å². The third-order valence-corrected chi connectivity index (χ3v) is 3.35. The van der Waals surface area contributed by atoms with Gasteiger partial charge in [0.15, 0.2) is 0 Å². The second-order valence-corrected chi connectivity index (χ2v) is 4.14. The lowest BCUT2D eigenvalue weighted by Gasteiger charge is -2.34. The highest BCUT2D eigenvalue weighted by Gasteiger charge is 2.43. The molecule has 0 radical (unpaired) electrons. The van der Waals surface area contributed by atoms with Crippen LogP contribution in [0.25, 0.3) is 0 Å². The molecule has 13 heavy (non-hydrogen) atoms. The second-order valence-electron chi connectivity index (χ2n) is 4.14. The molecule has 1 saturated heterocycles. The molecule has 4 heteroatoms. The monoisotopic (exact) mass is 177 g/mol. The number of hydrogen-bond acceptors (Lipinski definition) is 3. The Balaban J connectivity index is 2.40. The Kier molecular flexibility index (Phi) is 1.87. The zero-order valence-electron chi connectivity index (χ0n) is 8.39. The maximum Gasteiger partial charge on any atom is 0.139 e. The molecular weight excluding hydrogens is 161 g/mol. The van der Waals surface area contributed by atoms with Crippen LogP contribution in [0.15, 0.2) is 23.2 Å². The highest BCUT2D eigenvalue weighted by molar-refractivity contribution is 6.24. The van der Waals surface area contributed by atoms with Crippen molar-refractivity contribution in [3.8, 4) is 0 Å². The minimum atomic E-state index is -0.0968. The van der Waals surface area contributed by atoms with Gasteiger partial charge in [-0.25, -0.2) is 0 Å². The molecule has 1 heterocycles. The van der Waals surface area contributed by atoms with Gasteiger partial charge in [0.2, 0.25) is 0 Å². The van der Waals surface area contributed by atoms with E-state index in [-0.39, 0.29) is 11.8 Å². The predicted octanol–water partition coefficient (Wildman–Crippen LogP) is -0.974. The molecule has 0 aromatic rings. The van der Waals surface area contributed by atoms with Gasteiger partial charge in [0.1, 0.15) is 14.1 Å². The van der Waals surface area contributed by atoms with Crippen LogP contribution in [-0.4, -0.2) is 25.7 Å². The normalized spacial score (nSPS) is 43.9. The van der Waals surface area contributed by atoms with E-state index in [1.54, 1.807) is 0 Å². The average Bonchev–Trinajstić information content (AvgIpc) is 2.36. The average molecular weight is 177 g/mol. The molecule has 0 aromatic carbocycles. The number of fused-ring (bicyclic) bond motifs is 1. The van der Waals surface area contributed by atoms with Gasteiger partial charge in [0.05, 0.1) is 5.54 Å². The van der Waals surface area contributed by atoms with E-state index in [4.69, 9.17) is 5.73 Å². The van der Waals surface area contributed by atoms with Crippen LogP contribution >= 0.6 is 0 Å². The zero-order chi connectivity index (χ0) is 9.64. The van der Waals surface area contributed by atoms with E-state index >= 15 is 0 Å². The largest absolute Gasteiger partial charge is 0.304 e. The molecule has 2 rings (SSSR count). The van der Waals surface area contributed by atoms with Gasteiger partial charge in [0, 0.05) is 6.04 Å². The summed E-state index contributed by atoms with van der Waals surface area (Å²) in [5, 5.41) is 6.66. The fourth-order valence-corrected chi connectivity index (χ4v) is 2.18. The number of hydrogen-bond donors (Lipinski definition) is 3. The molecule has 0 amide bonds. The SMILES string of the molecule is BC1=C(C)[C@@]2(C)NC(N)NC2C=C1. The number of nitrogens with two attached hydrogens (primary N) is 1. The zero-order valence-corrected chi connectivity index (χ0v) is 8.39. The van der Waals surface area contributed by atoms with Gasteiger partial charge >= 0.3 is 0 Å². The topological polar surface area (TPSA) is 50.1 Å². The van der Waals surface area contributed by atoms with Crippen molar-refractivity contribution in [3.63, 3.8) is 0 Å². The molecule has 3 nitrogen and oxygen atoms in total. The van der Waals surface area contributed by atoms with Crippen molar-refractivity contribution in [3.05, 3.63) is 23.2 Å². The lowest BCUT2D eigenvalue weighted by molar-refractivity contribution is 0.441. The highest BCUT2D eigenvalue weighted by atomic mass is 15.3. The molecule has 0 aromatic heterocycles. The first-order chi connectivity index (χ1) is 6.04. The third kappa shape index (κ3) is 1.17. The summed E-state index contributed by atoms with van der Waals surface area (Å²) < 4.78 is 0. The number of allylic oxidation sites excluding steroid dienone is 2. The van der Waals surface area contributed by atoms with Crippen LogP contribution in [0, 0.1) is 0 Å². The molecule has 2 aliphatic rings. The maximum atomic E-state index is 5.81. The lowest BCUT2D eigenvalue weighted by Crippen LogP contribution is -2.50. The van der Waals surface area contributed by atoms with Crippen molar-refractivity contribution in [1.82, 2.24) is 10.6 Å². The van der Waals surface area contributed by atoms with Gasteiger partial charge in [-0.2, -0.15) is 0 Å². The van der Waals surface area contributed by atoms with Crippen LogP contribution in [0.2, 0.25) is 0 Å². The Labute approximate surface area is 79.9 Å². The molecule has 2 unspecified atom stereocenters. The first-order valence-electron chi connectivity index (χ1n) is 4.69. The molecule has 1 fully saturated rings. The Bertz CT molecular complexity index is 297. The van der Waals surface area contributed by atoms with Gasteiger partial charge in [-0.05, 0) is 13.8 Å². The Hall–Kier alpha value is -0.575. The summed E-state index contributed by atoms with van der Waals surface area (Å²) in [6, 6.07) is 0.325. The van der Waals surface area contributed by atoms with Gasteiger partial charge in [-0.3, -0.25) is 10.6 Å². The quantitative estimate of drug-likeness (QED) is 0.417. The van der Waals surface area contributed by atoms with Crippen molar-refractivity contribution >= 4 is 7.85 Å². The molecule has 70 valence electrons. The molecule has 1 aliphatic carbocycles. The number of rotatable bonds is 0. The van der Waals surface area contributed by atoms with E-state index in [0.29, 0.717) is 6.04 Å². The smallest absolute Gasteiger partial charge is 0.139 e. The van der Waals surface area contributed by atoms with Crippen LogP contribution in [0.3, 0.4) is 0 Å². The van der Waals surface area contributed by atoms with Crippen molar-refractivity contribution in [1.29, 1.82) is 0 Å².